The summed E-state index contributed by atoms with van der Waals surface area (Å²) in [7, 11) is 0. The van der Waals surface area contributed by atoms with Gasteiger partial charge in [-0.05, 0) is 41.5 Å². The Hall–Kier alpha value is -1.90. The number of esters is 1. The molecule has 138 valence electrons. The quantitative estimate of drug-likeness (QED) is 0.482. The number of aliphatic carboxylic acids is 1. The maximum Gasteiger partial charge on any atom is 0.408 e. The van der Waals surface area contributed by atoms with Gasteiger partial charge in [-0.1, -0.05) is 12.2 Å². The smallest absolute Gasteiger partial charge is 0.408 e. The normalized spacial score (nSPS) is 12.8. The summed E-state index contributed by atoms with van der Waals surface area (Å²) in [5.41, 5.74) is -1.41. The molecule has 0 rings (SSSR count). The van der Waals surface area contributed by atoms with Crippen molar-refractivity contribution in [3.05, 3.63) is 0 Å². The lowest BCUT2D eigenvalue weighted by Crippen LogP contribution is -2.48. The third kappa shape index (κ3) is 11.6. The van der Waals surface area contributed by atoms with Crippen LogP contribution in [0.1, 0.15) is 48.0 Å². The van der Waals surface area contributed by atoms with Crippen molar-refractivity contribution in [2.75, 3.05) is 6.54 Å². The van der Waals surface area contributed by atoms with Gasteiger partial charge in [0.25, 0.3) is 0 Å². The highest BCUT2D eigenvalue weighted by atomic mass is 32.1. The number of ether oxygens (including phenoxy) is 2. The summed E-state index contributed by atoms with van der Waals surface area (Å²) in [6, 6.07) is -1.14. The standard InChI is InChI=1S/C15H26N2O6S/c1-14(2,3)22-12(20)9(7-11(18)19)17-10(24)8-16-13(21)23-15(4,5)6/h9H,7-8H2,1-6H3,(H,16,21)(H,17,24)(H,18,19)/t9-/m0/s1. The number of carboxylic acid groups (broad SMARTS) is 1. The van der Waals surface area contributed by atoms with E-state index in [4.69, 9.17) is 26.8 Å². The van der Waals surface area contributed by atoms with Crippen LogP contribution < -0.4 is 10.6 Å². The fourth-order valence-corrected chi connectivity index (χ4v) is 1.67. The van der Waals surface area contributed by atoms with E-state index >= 15 is 0 Å². The molecule has 0 bridgehead atoms. The van der Waals surface area contributed by atoms with Crippen LogP contribution in [-0.4, -0.2) is 51.9 Å². The van der Waals surface area contributed by atoms with Gasteiger partial charge in [-0.3, -0.25) is 4.79 Å². The number of amides is 1. The molecule has 0 unspecified atom stereocenters. The van der Waals surface area contributed by atoms with Crippen LogP contribution >= 0.6 is 12.2 Å². The third-order valence-corrected chi connectivity index (χ3v) is 2.46. The molecular weight excluding hydrogens is 336 g/mol. The molecule has 0 aliphatic heterocycles. The summed E-state index contributed by atoms with van der Waals surface area (Å²) in [6.45, 7) is 10.1. The molecule has 24 heavy (non-hydrogen) atoms. The van der Waals surface area contributed by atoms with E-state index in [9.17, 15) is 14.4 Å². The largest absolute Gasteiger partial charge is 0.481 e. The first-order valence-electron chi connectivity index (χ1n) is 7.40. The number of rotatable bonds is 6. The molecule has 8 nitrogen and oxygen atoms in total. The van der Waals surface area contributed by atoms with Crippen molar-refractivity contribution in [2.24, 2.45) is 0 Å². The van der Waals surface area contributed by atoms with Crippen molar-refractivity contribution in [1.82, 2.24) is 10.6 Å². The number of hydrogen-bond donors (Lipinski definition) is 3. The number of thiocarbonyl (C=S) groups is 1. The number of carbonyl (C=O) groups excluding carboxylic acids is 2. The van der Waals surface area contributed by atoms with Crippen LogP contribution in [0.5, 0.6) is 0 Å². The van der Waals surface area contributed by atoms with Crippen LogP contribution in [0, 0.1) is 0 Å². The zero-order chi connectivity index (χ0) is 19.1. The number of alkyl carbamates (subject to hydrolysis) is 1. The van der Waals surface area contributed by atoms with Gasteiger partial charge >= 0.3 is 18.0 Å². The molecule has 0 saturated heterocycles. The summed E-state index contributed by atoms with van der Waals surface area (Å²) >= 11 is 5.02. The molecule has 0 saturated carbocycles. The maximum absolute atomic E-state index is 12.0. The van der Waals surface area contributed by atoms with Crippen molar-refractivity contribution in [3.63, 3.8) is 0 Å². The van der Waals surface area contributed by atoms with E-state index in [0.29, 0.717) is 0 Å². The minimum atomic E-state index is -1.18. The van der Waals surface area contributed by atoms with Gasteiger partial charge in [0, 0.05) is 0 Å². The van der Waals surface area contributed by atoms with Crippen LogP contribution in [0.3, 0.4) is 0 Å². The van der Waals surface area contributed by atoms with E-state index in [-0.39, 0.29) is 11.5 Å². The van der Waals surface area contributed by atoms with Gasteiger partial charge < -0.3 is 25.2 Å². The second-order valence-corrected chi connectivity index (χ2v) is 7.60. The number of carbonyl (C=O) groups is 3. The highest BCUT2D eigenvalue weighted by Crippen LogP contribution is 2.10. The Bertz CT molecular complexity index is 493. The van der Waals surface area contributed by atoms with E-state index in [1.807, 2.05) is 0 Å². The molecule has 0 aromatic carbocycles. The van der Waals surface area contributed by atoms with Gasteiger partial charge in [0.1, 0.15) is 17.2 Å². The van der Waals surface area contributed by atoms with E-state index in [2.05, 4.69) is 10.6 Å². The van der Waals surface area contributed by atoms with Crippen molar-refractivity contribution in [2.45, 2.75) is 65.2 Å². The average Bonchev–Trinajstić information content (AvgIpc) is 2.30. The fraction of sp³-hybridized carbons (Fsp3) is 0.733. The van der Waals surface area contributed by atoms with Crippen LogP contribution in [0.15, 0.2) is 0 Å². The predicted molar refractivity (Wildman–Crippen MR) is 91.9 cm³/mol. The molecule has 0 aliphatic rings. The van der Waals surface area contributed by atoms with Crippen LogP contribution in [0.2, 0.25) is 0 Å². The summed E-state index contributed by atoms with van der Waals surface area (Å²) < 4.78 is 10.2. The van der Waals surface area contributed by atoms with Gasteiger partial charge in [0.2, 0.25) is 0 Å². The average molecular weight is 362 g/mol. The number of carboxylic acids is 1. The SMILES string of the molecule is CC(C)(C)OC(=O)NCC(=S)N[C@@H](CC(=O)O)C(=O)OC(C)(C)C. The van der Waals surface area contributed by atoms with E-state index in [0.717, 1.165) is 0 Å². The zero-order valence-electron chi connectivity index (χ0n) is 14.9. The first-order valence-corrected chi connectivity index (χ1v) is 7.81. The summed E-state index contributed by atoms with van der Waals surface area (Å²) in [4.78, 5) is 34.6. The molecule has 0 spiro atoms. The van der Waals surface area contributed by atoms with E-state index in [1.54, 1.807) is 41.5 Å². The monoisotopic (exact) mass is 362 g/mol. The summed E-state index contributed by atoms with van der Waals surface area (Å²) in [5.74, 6) is -1.91. The van der Waals surface area contributed by atoms with Crippen LogP contribution in [-0.2, 0) is 19.1 Å². The highest BCUT2D eigenvalue weighted by molar-refractivity contribution is 7.80. The molecule has 0 aromatic rings. The molecule has 0 fully saturated rings. The van der Waals surface area contributed by atoms with Crippen molar-refractivity contribution < 1.29 is 29.0 Å². The minimum absolute atomic E-state index is 0.0941. The topological polar surface area (TPSA) is 114 Å². The minimum Gasteiger partial charge on any atom is -0.481 e. The Balaban J connectivity index is 4.63. The van der Waals surface area contributed by atoms with Crippen molar-refractivity contribution in [3.8, 4) is 0 Å². The highest BCUT2D eigenvalue weighted by Gasteiger charge is 2.28. The third-order valence-electron chi connectivity index (χ3n) is 2.20. The van der Waals surface area contributed by atoms with Crippen molar-refractivity contribution >= 4 is 35.2 Å². The molecule has 1 atom stereocenters. The Kier molecular flexibility index (Phi) is 8.12. The van der Waals surface area contributed by atoms with Gasteiger partial charge in [0.15, 0.2) is 0 Å². The lowest BCUT2D eigenvalue weighted by atomic mass is 10.1. The Morgan fingerprint density at radius 2 is 1.54 bits per heavy atom. The molecular formula is C15H26N2O6S. The predicted octanol–water partition coefficient (Wildman–Crippen LogP) is 1.61. The lowest BCUT2D eigenvalue weighted by Gasteiger charge is -2.24. The fourth-order valence-electron chi connectivity index (χ4n) is 1.45. The molecule has 0 aliphatic carbocycles. The Labute approximate surface area is 147 Å². The second-order valence-electron chi connectivity index (χ2n) is 7.11. The first kappa shape index (κ1) is 22.1. The zero-order valence-corrected chi connectivity index (χ0v) is 15.7. The molecule has 0 aromatic heterocycles. The van der Waals surface area contributed by atoms with Gasteiger partial charge in [-0.15, -0.1) is 0 Å². The van der Waals surface area contributed by atoms with E-state index < -0.39 is 41.7 Å². The molecule has 0 heterocycles. The molecule has 0 radical (unpaired) electrons. The number of hydrogen-bond acceptors (Lipinski definition) is 6. The summed E-state index contributed by atoms with van der Waals surface area (Å²) in [5, 5.41) is 13.9. The van der Waals surface area contributed by atoms with Crippen LogP contribution in [0.25, 0.3) is 0 Å². The van der Waals surface area contributed by atoms with Gasteiger partial charge in [0.05, 0.1) is 18.0 Å². The van der Waals surface area contributed by atoms with Gasteiger partial charge in [-0.25, -0.2) is 9.59 Å². The molecule has 3 N–H and O–H groups in total. The Morgan fingerprint density at radius 1 is 1.04 bits per heavy atom. The first-order chi connectivity index (χ1) is 10.7. The molecule has 1 amide bonds. The van der Waals surface area contributed by atoms with Crippen LogP contribution in [0.4, 0.5) is 4.79 Å². The maximum atomic E-state index is 12.0. The van der Waals surface area contributed by atoms with Gasteiger partial charge in [-0.2, -0.15) is 0 Å². The number of nitrogens with one attached hydrogen (secondary N) is 2. The lowest BCUT2D eigenvalue weighted by molar-refractivity contribution is -0.159. The van der Waals surface area contributed by atoms with E-state index in [1.165, 1.54) is 0 Å². The Morgan fingerprint density at radius 3 is 1.96 bits per heavy atom. The van der Waals surface area contributed by atoms with Crippen molar-refractivity contribution in [1.29, 1.82) is 0 Å². The second kappa shape index (κ2) is 8.81. The summed E-state index contributed by atoms with van der Waals surface area (Å²) in [6.07, 6.45) is -1.17. The molecule has 9 heteroatoms.